The van der Waals surface area contributed by atoms with Crippen molar-refractivity contribution in [2.24, 2.45) is 5.92 Å². The molecular weight excluding hydrogens is 368 g/mol. The normalized spacial score (nSPS) is 16.3. The van der Waals surface area contributed by atoms with Crippen LogP contribution in [0.3, 0.4) is 0 Å². The fourth-order valence-electron chi connectivity index (χ4n) is 2.75. The molecule has 1 N–H and O–H groups in total. The zero-order valence-corrected chi connectivity index (χ0v) is 15.3. The molecule has 1 heterocycles. The highest BCUT2D eigenvalue weighted by Gasteiger charge is 2.30. The lowest BCUT2D eigenvalue weighted by Crippen LogP contribution is -2.36. The largest absolute Gasteiger partial charge is 0.492 e. The minimum Gasteiger partial charge on any atom is -0.492 e. The van der Waals surface area contributed by atoms with Crippen molar-refractivity contribution >= 4 is 29.2 Å². The van der Waals surface area contributed by atoms with Crippen molar-refractivity contribution in [3.8, 4) is 11.8 Å². The molecule has 0 bridgehead atoms. The topological polar surface area (TPSA) is 88.4 Å². The quantitative estimate of drug-likeness (QED) is 0.817. The van der Waals surface area contributed by atoms with Crippen molar-refractivity contribution in [1.82, 2.24) is 0 Å². The van der Waals surface area contributed by atoms with Gasteiger partial charge in [0.05, 0.1) is 17.6 Å². The number of anilines is 1. The van der Waals surface area contributed by atoms with Gasteiger partial charge in [-0.25, -0.2) is 0 Å². The van der Waals surface area contributed by atoms with Crippen LogP contribution in [-0.4, -0.2) is 24.6 Å². The van der Waals surface area contributed by atoms with Gasteiger partial charge in [-0.2, -0.15) is 5.26 Å². The Morgan fingerprint density at radius 2 is 2.15 bits per heavy atom. The maximum absolute atomic E-state index is 12.4. The summed E-state index contributed by atoms with van der Waals surface area (Å²) in [6.45, 7) is 1.68. The molecule has 1 aliphatic rings. The minimum atomic E-state index is -0.982. The molecule has 0 radical (unpaired) electrons. The molecule has 0 aromatic heterocycles. The van der Waals surface area contributed by atoms with Crippen LogP contribution in [-0.2, 0) is 20.7 Å². The SMILES string of the molecule is C[C@@H](OC(=O)[C@@H]1COc2ccc(Cl)cc2C1)C(=O)Nc1cccc(C#N)c1. The average Bonchev–Trinajstić information content (AvgIpc) is 2.67. The molecule has 1 amide bonds. The molecule has 6 nitrogen and oxygen atoms in total. The molecule has 0 unspecified atom stereocenters. The van der Waals surface area contributed by atoms with Crippen molar-refractivity contribution in [2.45, 2.75) is 19.4 Å². The first-order valence-corrected chi connectivity index (χ1v) is 8.77. The first kappa shape index (κ1) is 18.7. The van der Waals surface area contributed by atoms with Crippen molar-refractivity contribution < 1.29 is 19.1 Å². The number of nitrogens with one attached hydrogen (secondary N) is 1. The second-order valence-electron chi connectivity index (χ2n) is 6.23. The molecule has 0 saturated heterocycles. The number of nitrogens with zero attached hydrogens (tertiary/aromatic N) is 1. The van der Waals surface area contributed by atoms with E-state index in [0.29, 0.717) is 28.4 Å². The summed E-state index contributed by atoms with van der Waals surface area (Å²) >= 11 is 5.98. The van der Waals surface area contributed by atoms with E-state index in [1.807, 2.05) is 6.07 Å². The van der Waals surface area contributed by atoms with E-state index in [-0.39, 0.29) is 6.61 Å². The van der Waals surface area contributed by atoms with Crippen LogP contribution in [0.25, 0.3) is 0 Å². The number of hydrogen-bond acceptors (Lipinski definition) is 5. The van der Waals surface area contributed by atoms with Crippen molar-refractivity contribution in [2.75, 3.05) is 11.9 Å². The minimum absolute atomic E-state index is 0.187. The lowest BCUT2D eigenvalue weighted by atomic mass is 9.97. The summed E-state index contributed by atoms with van der Waals surface area (Å²) in [5.74, 6) is -0.785. The van der Waals surface area contributed by atoms with Crippen molar-refractivity contribution in [3.05, 3.63) is 58.6 Å². The smallest absolute Gasteiger partial charge is 0.313 e. The Morgan fingerprint density at radius 3 is 2.93 bits per heavy atom. The highest BCUT2D eigenvalue weighted by Crippen LogP contribution is 2.30. The predicted molar refractivity (Wildman–Crippen MR) is 99.5 cm³/mol. The summed E-state index contributed by atoms with van der Waals surface area (Å²) in [4.78, 5) is 24.7. The molecule has 0 fully saturated rings. The summed E-state index contributed by atoms with van der Waals surface area (Å²) in [5.41, 5.74) is 1.72. The van der Waals surface area contributed by atoms with Crippen LogP contribution in [0.1, 0.15) is 18.1 Å². The highest BCUT2D eigenvalue weighted by atomic mass is 35.5. The van der Waals surface area contributed by atoms with E-state index in [4.69, 9.17) is 26.3 Å². The number of benzene rings is 2. The molecule has 2 atom stereocenters. The van der Waals surface area contributed by atoms with E-state index < -0.39 is 23.9 Å². The standard InChI is InChI=1S/C20H17ClN2O4/c1-12(19(24)23-17-4-2-3-13(7-17)10-22)27-20(25)15-8-14-9-16(21)5-6-18(14)26-11-15/h2-7,9,12,15H,8,11H2,1H3,(H,23,24)/t12-,15+/m1/s1. The lowest BCUT2D eigenvalue weighted by Gasteiger charge is -2.25. The fraction of sp³-hybridized carbons (Fsp3) is 0.250. The first-order valence-electron chi connectivity index (χ1n) is 8.39. The Bertz CT molecular complexity index is 922. The Balaban J connectivity index is 1.58. The van der Waals surface area contributed by atoms with Crippen LogP contribution in [0.5, 0.6) is 5.75 Å². The molecule has 0 saturated carbocycles. The molecular formula is C20H17ClN2O4. The van der Waals surface area contributed by atoms with Gasteiger partial charge in [0.1, 0.15) is 12.4 Å². The van der Waals surface area contributed by atoms with Gasteiger partial charge in [-0.05, 0) is 55.3 Å². The van der Waals surface area contributed by atoms with Crippen LogP contribution in [0.4, 0.5) is 5.69 Å². The molecule has 2 aromatic carbocycles. The van der Waals surface area contributed by atoms with Gasteiger partial charge >= 0.3 is 5.97 Å². The number of carbonyl (C=O) groups excluding carboxylic acids is 2. The summed E-state index contributed by atoms with van der Waals surface area (Å²) < 4.78 is 10.9. The third-order valence-electron chi connectivity index (χ3n) is 4.18. The number of hydrogen-bond donors (Lipinski definition) is 1. The summed E-state index contributed by atoms with van der Waals surface area (Å²) in [6.07, 6.45) is -0.545. The number of halogens is 1. The predicted octanol–water partition coefficient (Wildman–Crippen LogP) is 3.33. The van der Waals surface area contributed by atoms with E-state index in [9.17, 15) is 9.59 Å². The van der Waals surface area contributed by atoms with Crippen LogP contribution in [0.15, 0.2) is 42.5 Å². The Kier molecular flexibility index (Phi) is 5.63. The Hall–Kier alpha value is -3.04. The maximum Gasteiger partial charge on any atom is 0.313 e. The number of ether oxygens (including phenoxy) is 2. The summed E-state index contributed by atoms with van der Waals surface area (Å²) in [5, 5.41) is 12.1. The third-order valence-corrected chi connectivity index (χ3v) is 4.42. The van der Waals surface area contributed by atoms with Gasteiger partial charge in [0.2, 0.25) is 0 Å². The van der Waals surface area contributed by atoms with Crippen molar-refractivity contribution in [1.29, 1.82) is 5.26 Å². The van der Waals surface area contributed by atoms with Gasteiger partial charge in [-0.15, -0.1) is 0 Å². The molecule has 1 aliphatic heterocycles. The molecule has 2 aromatic rings. The molecule has 0 aliphatic carbocycles. The average molecular weight is 385 g/mol. The van der Waals surface area contributed by atoms with E-state index >= 15 is 0 Å². The third kappa shape index (κ3) is 4.57. The first-order chi connectivity index (χ1) is 13.0. The van der Waals surface area contributed by atoms with E-state index in [2.05, 4.69) is 5.32 Å². The summed E-state index contributed by atoms with van der Waals surface area (Å²) in [7, 11) is 0. The van der Waals surface area contributed by atoms with Gasteiger partial charge in [-0.3, -0.25) is 9.59 Å². The number of fused-ring (bicyclic) bond motifs is 1. The van der Waals surface area contributed by atoms with Gasteiger partial charge in [0.25, 0.3) is 5.91 Å². The number of amides is 1. The fourth-order valence-corrected chi connectivity index (χ4v) is 2.94. The Labute approximate surface area is 161 Å². The molecule has 3 rings (SSSR count). The van der Waals surface area contributed by atoms with Crippen LogP contribution in [0, 0.1) is 17.2 Å². The lowest BCUT2D eigenvalue weighted by molar-refractivity contribution is -0.158. The number of nitriles is 1. The number of carbonyl (C=O) groups is 2. The summed E-state index contributed by atoms with van der Waals surface area (Å²) in [6, 6.07) is 13.7. The van der Waals surface area contributed by atoms with Crippen LogP contribution < -0.4 is 10.1 Å². The van der Waals surface area contributed by atoms with Crippen LogP contribution >= 0.6 is 11.6 Å². The van der Waals surface area contributed by atoms with E-state index in [1.54, 1.807) is 42.5 Å². The zero-order valence-electron chi connectivity index (χ0n) is 14.6. The Morgan fingerprint density at radius 1 is 1.33 bits per heavy atom. The molecule has 7 heteroatoms. The van der Waals surface area contributed by atoms with Crippen molar-refractivity contribution in [3.63, 3.8) is 0 Å². The second-order valence-corrected chi connectivity index (χ2v) is 6.66. The van der Waals surface area contributed by atoms with E-state index in [0.717, 1.165) is 5.56 Å². The second kappa shape index (κ2) is 8.11. The van der Waals surface area contributed by atoms with Gasteiger partial charge < -0.3 is 14.8 Å². The molecule has 0 spiro atoms. The van der Waals surface area contributed by atoms with Crippen LogP contribution in [0.2, 0.25) is 5.02 Å². The van der Waals surface area contributed by atoms with E-state index in [1.165, 1.54) is 6.92 Å². The molecule has 138 valence electrons. The maximum atomic E-state index is 12.4. The highest BCUT2D eigenvalue weighted by molar-refractivity contribution is 6.30. The number of rotatable bonds is 4. The zero-order chi connectivity index (χ0) is 19.4. The van der Waals surface area contributed by atoms with Gasteiger partial charge in [0, 0.05) is 10.7 Å². The monoisotopic (exact) mass is 384 g/mol. The van der Waals surface area contributed by atoms with Gasteiger partial charge in [0.15, 0.2) is 6.10 Å². The van der Waals surface area contributed by atoms with Gasteiger partial charge in [-0.1, -0.05) is 17.7 Å². The number of esters is 1. The molecule has 27 heavy (non-hydrogen) atoms.